The molecule has 7 heteroatoms. The van der Waals surface area contributed by atoms with Crippen LogP contribution in [0, 0.1) is 0 Å². The Morgan fingerprint density at radius 3 is 2.84 bits per heavy atom. The Morgan fingerprint density at radius 2 is 2.26 bits per heavy atom. The van der Waals surface area contributed by atoms with Gasteiger partial charge in [0.05, 0.1) is 11.9 Å². The van der Waals surface area contributed by atoms with E-state index in [0.717, 1.165) is 24.3 Å². The van der Waals surface area contributed by atoms with Gasteiger partial charge in [-0.25, -0.2) is 14.6 Å². The topological polar surface area (TPSA) is 91.3 Å². The Balaban J connectivity index is 1.85. The molecule has 2 heterocycles. The maximum Gasteiger partial charge on any atom is 0.354 e. The number of urea groups is 1. The lowest BCUT2D eigenvalue weighted by molar-refractivity contribution is 0.0690. The number of carboxylic acid groups (broad SMARTS) is 1. The lowest BCUT2D eigenvalue weighted by Crippen LogP contribution is -2.40. The number of amides is 2. The van der Waals surface area contributed by atoms with Crippen molar-refractivity contribution in [1.29, 1.82) is 0 Å². The van der Waals surface area contributed by atoms with Crippen molar-refractivity contribution < 1.29 is 14.7 Å². The maximum atomic E-state index is 11.7. The SMILES string of the molecule is O=C(Nc1ccc(C(=O)O)nc1)NC1CCCSC1. The second-order valence-electron chi connectivity index (χ2n) is 4.25. The highest BCUT2D eigenvalue weighted by Gasteiger charge is 2.16. The number of aromatic nitrogens is 1. The van der Waals surface area contributed by atoms with E-state index in [1.807, 2.05) is 11.8 Å². The monoisotopic (exact) mass is 281 g/mol. The summed E-state index contributed by atoms with van der Waals surface area (Å²) in [5.41, 5.74) is 0.431. The third-order valence-corrected chi connectivity index (χ3v) is 3.95. The van der Waals surface area contributed by atoms with Crippen LogP contribution in [0.15, 0.2) is 18.3 Å². The van der Waals surface area contributed by atoms with Gasteiger partial charge in [0.25, 0.3) is 0 Å². The number of nitrogens with one attached hydrogen (secondary N) is 2. The molecule has 6 nitrogen and oxygen atoms in total. The normalized spacial score (nSPS) is 18.6. The molecule has 2 rings (SSSR count). The number of carbonyl (C=O) groups is 2. The van der Waals surface area contributed by atoms with Crippen LogP contribution in [0.2, 0.25) is 0 Å². The largest absolute Gasteiger partial charge is 0.477 e. The summed E-state index contributed by atoms with van der Waals surface area (Å²) in [5.74, 6) is 1.000. The fraction of sp³-hybridized carbons (Fsp3) is 0.417. The van der Waals surface area contributed by atoms with E-state index in [1.165, 1.54) is 18.3 Å². The van der Waals surface area contributed by atoms with Gasteiger partial charge in [0, 0.05) is 11.8 Å². The van der Waals surface area contributed by atoms with Gasteiger partial charge in [-0.15, -0.1) is 0 Å². The molecule has 2 amide bonds. The number of thioether (sulfide) groups is 1. The van der Waals surface area contributed by atoms with Crippen LogP contribution in [-0.4, -0.2) is 39.6 Å². The average Bonchev–Trinajstić information content (AvgIpc) is 2.40. The van der Waals surface area contributed by atoms with Crippen LogP contribution in [0.4, 0.5) is 10.5 Å². The van der Waals surface area contributed by atoms with Gasteiger partial charge < -0.3 is 15.7 Å². The average molecular weight is 281 g/mol. The van der Waals surface area contributed by atoms with Crippen molar-refractivity contribution in [1.82, 2.24) is 10.3 Å². The molecule has 0 bridgehead atoms. The lowest BCUT2D eigenvalue weighted by atomic mass is 10.2. The van der Waals surface area contributed by atoms with Crippen LogP contribution < -0.4 is 10.6 Å². The van der Waals surface area contributed by atoms with E-state index in [-0.39, 0.29) is 17.8 Å². The van der Waals surface area contributed by atoms with Gasteiger partial charge in [-0.3, -0.25) is 0 Å². The van der Waals surface area contributed by atoms with E-state index < -0.39 is 5.97 Å². The molecule has 0 aliphatic carbocycles. The minimum Gasteiger partial charge on any atom is -0.477 e. The van der Waals surface area contributed by atoms with E-state index in [9.17, 15) is 9.59 Å². The summed E-state index contributed by atoms with van der Waals surface area (Å²) < 4.78 is 0. The Morgan fingerprint density at radius 1 is 1.42 bits per heavy atom. The number of rotatable bonds is 3. The Bertz CT molecular complexity index is 458. The van der Waals surface area contributed by atoms with Crippen molar-refractivity contribution >= 4 is 29.4 Å². The molecule has 1 aliphatic rings. The molecule has 1 unspecified atom stereocenters. The van der Waals surface area contributed by atoms with Crippen molar-refractivity contribution in [2.75, 3.05) is 16.8 Å². The molecule has 1 saturated heterocycles. The lowest BCUT2D eigenvalue weighted by Gasteiger charge is -2.22. The third-order valence-electron chi connectivity index (χ3n) is 2.74. The number of hydrogen-bond donors (Lipinski definition) is 3. The van der Waals surface area contributed by atoms with Crippen LogP contribution >= 0.6 is 11.8 Å². The summed E-state index contributed by atoms with van der Waals surface area (Å²) in [6, 6.07) is 2.79. The highest BCUT2D eigenvalue weighted by molar-refractivity contribution is 7.99. The summed E-state index contributed by atoms with van der Waals surface area (Å²) in [4.78, 5) is 26.1. The summed E-state index contributed by atoms with van der Waals surface area (Å²) >= 11 is 1.84. The van der Waals surface area contributed by atoms with E-state index in [4.69, 9.17) is 5.11 Å². The molecule has 102 valence electrons. The molecule has 1 aromatic heterocycles. The number of hydrogen-bond acceptors (Lipinski definition) is 4. The Kier molecular flexibility index (Phi) is 4.62. The van der Waals surface area contributed by atoms with E-state index in [1.54, 1.807) is 0 Å². The van der Waals surface area contributed by atoms with Crippen molar-refractivity contribution in [2.45, 2.75) is 18.9 Å². The number of nitrogens with zero attached hydrogens (tertiary/aromatic N) is 1. The first kappa shape index (κ1) is 13.7. The smallest absolute Gasteiger partial charge is 0.354 e. The van der Waals surface area contributed by atoms with Gasteiger partial charge in [-0.1, -0.05) is 0 Å². The van der Waals surface area contributed by atoms with Crippen LogP contribution in [0.3, 0.4) is 0 Å². The molecule has 3 N–H and O–H groups in total. The van der Waals surface area contributed by atoms with Crippen LogP contribution in [0.1, 0.15) is 23.3 Å². The van der Waals surface area contributed by atoms with Crippen molar-refractivity contribution in [3.8, 4) is 0 Å². The number of pyridine rings is 1. The molecule has 1 atom stereocenters. The third kappa shape index (κ3) is 4.13. The van der Waals surface area contributed by atoms with Crippen molar-refractivity contribution in [2.24, 2.45) is 0 Å². The van der Waals surface area contributed by atoms with Gasteiger partial charge >= 0.3 is 12.0 Å². The number of aromatic carboxylic acids is 1. The quantitative estimate of drug-likeness (QED) is 0.785. The zero-order valence-electron chi connectivity index (χ0n) is 10.3. The van der Waals surface area contributed by atoms with Gasteiger partial charge in [-0.2, -0.15) is 11.8 Å². The summed E-state index contributed by atoms with van der Waals surface area (Å²) in [6.45, 7) is 0. The minimum absolute atomic E-state index is 0.0466. The summed E-state index contributed by atoms with van der Waals surface area (Å²) in [7, 11) is 0. The molecule has 0 radical (unpaired) electrons. The van der Waals surface area contributed by atoms with Crippen LogP contribution in [-0.2, 0) is 0 Å². The second-order valence-corrected chi connectivity index (χ2v) is 5.40. The van der Waals surface area contributed by atoms with Crippen LogP contribution in [0.25, 0.3) is 0 Å². The predicted octanol–water partition coefficient (Wildman–Crippen LogP) is 1.80. The molecule has 0 spiro atoms. The fourth-order valence-corrected chi connectivity index (χ4v) is 2.87. The molecular weight excluding hydrogens is 266 g/mol. The molecule has 19 heavy (non-hydrogen) atoms. The van der Waals surface area contributed by atoms with Crippen molar-refractivity contribution in [3.05, 3.63) is 24.0 Å². The first-order chi connectivity index (χ1) is 9.15. The first-order valence-electron chi connectivity index (χ1n) is 6.00. The Hall–Kier alpha value is -1.76. The maximum absolute atomic E-state index is 11.7. The predicted molar refractivity (Wildman–Crippen MR) is 73.7 cm³/mol. The van der Waals surface area contributed by atoms with Crippen LogP contribution in [0.5, 0.6) is 0 Å². The molecular formula is C12H15N3O3S. The number of carboxylic acids is 1. The molecule has 1 fully saturated rings. The van der Waals surface area contributed by atoms with E-state index in [0.29, 0.717) is 5.69 Å². The second kappa shape index (κ2) is 6.42. The molecule has 1 aromatic rings. The van der Waals surface area contributed by atoms with Crippen molar-refractivity contribution in [3.63, 3.8) is 0 Å². The van der Waals surface area contributed by atoms with Gasteiger partial charge in [0.1, 0.15) is 5.69 Å². The molecule has 0 saturated carbocycles. The van der Waals surface area contributed by atoms with E-state index in [2.05, 4.69) is 15.6 Å². The van der Waals surface area contributed by atoms with Gasteiger partial charge in [0.2, 0.25) is 0 Å². The molecule has 1 aliphatic heterocycles. The van der Waals surface area contributed by atoms with E-state index >= 15 is 0 Å². The Labute approximate surface area is 115 Å². The molecule has 0 aromatic carbocycles. The van der Waals surface area contributed by atoms with Gasteiger partial charge in [0.15, 0.2) is 0 Å². The fourth-order valence-electron chi connectivity index (χ4n) is 1.80. The number of carbonyl (C=O) groups excluding carboxylic acids is 1. The standard InChI is InChI=1S/C12H15N3O3S/c16-11(17)10-4-3-8(6-13-10)14-12(18)15-9-2-1-5-19-7-9/h3-4,6,9H,1-2,5,7H2,(H,16,17)(H2,14,15,18). The highest BCUT2D eigenvalue weighted by atomic mass is 32.2. The van der Waals surface area contributed by atoms with Gasteiger partial charge in [-0.05, 0) is 30.7 Å². The zero-order valence-corrected chi connectivity index (χ0v) is 11.1. The summed E-state index contributed by atoms with van der Waals surface area (Å²) in [5, 5.41) is 14.2. The summed E-state index contributed by atoms with van der Waals surface area (Å²) in [6.07, 6.45) is 3.44. The minimum atomic E-state index is -1.09. The number of anilines is 1. The first-order valence-corrected chi connectivity index (χ1v) is 7.15. The zero-order chi connectivity index (χ0) is 13.7. The highest BCUT2D eigenvalue weighted by Crippen LogP contribution is 2.17.